The molecule has 4 heteroatoms. The molecule has 0 saturated carbocycles. The Morgan fingerprint density at radius 3 is 1.44 bits per heavy atom. The summed E-state index contributed by atoms with van der Waals surface area (Å²) in [6, 6.07) is 10.4. The molecule has 0 spiro atoms. The van der Waals surface area contributed by atoms with Gasteiger partial charge in [-0.05, 0) is 38.1 Å². The molecule has 0 radical (unpaired) electrons. The van der Waals surface area contributed by atoms with Crippen LogP contribution in [-0.2, 0) is 11.2 Å². The van der Waals surface area contributed by atoms with Gasteiger partial charge in [-0.25, -0.2) is 0 Å². The maximum atomic E-state index is 10.6. The number of hydrogen-bond acceptors (Lipinski definition) is 4. The van der Waals surface area contributed by atoms with E-state index in [-0.39, 0.29) is 0 Å². The smallest absolute Gasteiger partial charge is 0.138 e. The van der Waals surface area contributed by atoms with Crippen LogP contribution in [0.15, 0.2) is 48.8 Å². The van der Waals surface area contributed by atoms with Crippen molar-refractivity contribution in [3.05, 3.63) is 60.2 Å². The largest absolute Gasteiger partial charge is 0.380 e. The fourth-order valence-corrected chi connectivity index (χ4v) is 1.80. The highest BCUT2D eigenvalue weighted by Gasteiger charge is 2.46. The third-order valence-corrected chi connectivity index (χ3v) is 3.28. The highest BCUT2D eigenvalue weighted by Crippen LogP contribution is 2.38. The van der Waals surface area contributed by atoms with Gasteiger partial charge in [-0.3, -0.25) is 9.97 Å². The zero-order valence-electron chi connectivity index (χ0n) is 10.4. The number of pyridine rings is 2. The topological polar surface area (TPSA) is 66.2 Å². The second-order valence-corrected chi connectivity index (χ2v) is 4.57. The van der Waals surface area contributed by atoms with Gasteiger partial charge in [0.05, 0.1) is 11.4 Å². The van der Waals surface area contributed by atoms with Crippen LogP contribution in [0.3, 0.4) is 0 Å². The molecule has 0 aliphatic carbocycles. The number of rotatable bonds is 3. The van der Waals surface area contributed by atoms with Crippen LogP contribution in [0, 0.1) is 0 Å². The number of aromatic nitrogens is 2. The van der Waals surface area contributed by atoms with E-state index in [0.29, 0.717) is 11.4 Å². The van der Waals surface area contributed by atoms with Crippen LogP contribution < -0.4 is 0 Å². The predicted molar refractivity (Wildman–Crippen MR) is 67.6 cm³/mol. The lowest BCUT2D eigenvalue weighted by Gasteiger charge is -2.37. The van der Waals surface area contributed by atoms with E-state index in [9.17, 15) is 10.2 Å². The average molecular weight is 244 g/mol. The maximum absolute atomic E-state index is 10.6. The lowest BCUT2D eigenvalue weighted by atomic mass is 9.80. The minimum Gasteiger partial charge on any atom is -0.380 e. The molecule has 0 amide bonds. The molecule has 2 heterocycles. The van der Waals surface area contributed by atoms with Crippen LogP contribution in [0.2, 0.25) is 0 Å². The molecule has 0 aliphatic rings. The Kier molecular flexibility index (Phi) is 3.15. The van der Waals surface area contributed by atoms with E-state index in [1.165, 1.54) is 13.8 Å². The van der Waals surface area contributed by atoms with E-state index in [4.69, 9.17) is 0 Å². The molecular formula is C14H16N2O2. The Balaban J connectivity index is 2.47. The van der Waals surface area contributed by atoms with Crippen LogP contribution in [-0.4, -0.2) is 20.2 Å². The van der Waals surface area contributed by atoms with Crippen molar-refractivity contribution in [2.24, 2.45) is 0 Å². The van der Waals surface area contributed by atoms with Crippen molar-refractivity contribution in [1.82, 2.24) is 9.97 Å². The van der Waals surface area contributed by atoms with Crippen molar-refractivity contribution in [3.63, 3.8) is 0 Å². The number of nitrogens with zero attached hydrogens (tertiary/aromatic N) is 2. The molecule has 0 aliphatic heterocycles. The fourth-order valence-electron chi connectivity index (χ4n) is 1.80. The van der Waals surface area contributed by atoms with Crippen molar-refractivity contribution >= 4 is 0 Å². The first-order valence-corrected chi connectivity index (χ1v) is 5.74. The molecule has 0 bridgehead atoms. The van der Waals surface area contributed by atoms with Gasteiger partial charge >= 0.3 is 0 Å². The first kappa shape index (κ1) is 12.7. The van der Waals surface area contributed by atoms with Crippen LogP contribution >= 0.6 is 0 Å². The van der Waals surface area contributed by atoms with Gasteiger partial charge in [-0.1, -0.05) is 12.1 Å². The molecule has 18 heavy (non-hydrogen) atoms. The highest BCUT2D eigenvalue weighted by molar-refractivity contribution is 5.24. The summed E-state index contributed by atoms with van der Waals surface area (Å²) in [4.78, 5) is 8.21. The lowest BCUT2D eigenvalue weighted by molar-refractivity contribution is -0.147. The molecule has 2 rings (SSSR count). The highest BCUT2D eigenvalue weighted by atomic mass is 16.4. The molecule has 2 unspecified atom stereocenters. The predicted octanol–water partition coefficient (Wildman–Crippen LogP) is 1.59. The van der Waals surface area contributed by atoms with Gasteiger partial charge in [0.1, 0.15) is 11.2 Å². The summed E-state index contributed by atoms with van der Waals surface area (Å²) >= 11 is 0. The number of aliphatic hydroxyl groups is 2. The summed E-state index contributed by atoms with van der Waals surface area (Å²) in [6.45, 7) is 3.06. The molecule has 2 aromatic heterocycles. The van der Waals surface area contributed by atoms with Crippen LogP contribution in [0.25, 0.3) is 0 Å². The van der Waals surface area contributed by atoms with Crippen molar-refractivity contribution in [2.45, 2.75) is 25.0 Å². The van der Waals surface area contributed by atoms with Crippen molar-refractivity contribution in [3.8, 4) is 0 Å². The monoisotopic (exact) mass is 244 g/mol. The van der Waals surface area contributed by atoms with Gasteiger partial charge in [0, 0.05) is 12.4 Å². The van der Waals surface area contributed by atoms with Gasteiger partial charge < -0.3 is 10.2 Å². The summed E-state index contributed by atoms with van der Waals surface area (Å²) in [5.41, 5.74) is -2.24. The Morgan fingerprint density at radius 1 is 0.778 bits per heavy atom. The molecular weight excluding hydrogens is 228 g/mol. The fraction of sp³-hybridized carbons (Fsp3) is 0.286. The Labute approximate surface area is 106 Å². The van der Waals surface area contributed by atoms with Gasteiger partial charge in [0.25, 0.3) is 0 Å². The Bertz CT molecular complexity index is 460. The molecule has 0 saturated heterocycles. The van der Waals surface area contributed by atoms with E-state index in [2.05, 4.69) is 9.97 Å². The van der Waals surface area contributed by atoms with E-state index < -0.39 is 11.2 Å². The van der Waals surface area contributed by atoms with Gasteiger partial charge in [0.2, 0.25) is 0 Å². The third-order valence-electron chi connectivity index (χ3n) is 3.28. The van der Waals surface area contributed by atoms with E-state index in [1.807, 2.05) is 0 Å². The van der Waals surface area contributed by atoms with E-state index >= 15 is 0 Å². The minimum atomic E-state index is -1.53. The normalized spacial score (nSPS) is 17.8. The third kappa shape index (κ3) is 2.00. The summed E-state index contributed by atoms with van der Waals surface area (Å²) in [5, 5.41) is 21.2. The number of hydrogen-bond donors (Lipinski definition) is 2. The zero-order valence-corrected chi connectivity index (χ0v) is 10.4. The molecule has 2 N–H and O–H groups in total. The maximum Gasteiger partial charge on any atom is 0.138 e. The average Bonchev–Trinajstić information content (AvgIpc) is 2.40. The van der Waals surface area contributed by atoms with Crippen molar-refractivity contribution < 1.29 is 10.2 Å². The van der Waals surface area contributed by atoms with Crippen molar-refractivity contribution in [2.75, 3.05) is 0 Å². The standard InChI is InChI=1S/C14H16N2O2/c1-13(17,11-7-3-5-9-15-11)14(2,18)12-8-4-6-10-16-12/h3-10,17-18H,1-2H3. The molecule has 0 aromatic carbocycles. The Morgan fingerprint density at radius 2 is 1.17 bits per heavy atom. The summed E-state index contributed by atoms with van der Waals surface area (Å²) in [5.74, 6) is 0. The second kappa shape index (κ2) is 4.48. The summed E-state index contributed by atoms with van der Waals surface area (Å²) in [7, 11) is 0. The summed E-state index contributed by atoms with van der Waals surface area (Å²) < 4.78 is 0. The quantitative estimate of drug-likeness (QED) is 0.860. The lowest BCUT2D eigenvalue weighted by Crippen LogP contribution is -2.46. The molecule has 2 aromatic rings. The first-order chi connectivity index (χ1) is 8.46. The summed E-state index contributed by atoms with van der Waals surface area (Å²) in [6.07, 6.45) is 3.16. The molecule has 94 valence electrons. The molecule has 2 atom stereocenters. The van der Waals surface area contributed by atoms with Crippen LogP contribution in [0.5, 0.6) is 0 Å². The molecule has 4 nitrogen and oxygen atoms in total. The van der Waals surface area contributed by atoms with Gasteiger partial charge in [-0.15, -0.1) is 0 Å². The van der Waals surface area contributed by atoms with Gasteiger partial charge in [-0.2, -0.15) is 0 Å². The SMILES string of the molecule is CC(O)(c1ccccn1)C(C)(O)c1ccccn1. The van der Waals surface area contributed by atoms with Crippen molar-refractivity contribution in [1.29, 1.82) is 0 Å². The van der Waals surface area contributed by atoms with Gasteiger partial charge in [0.15, 0.2) is 0 Å². The molecule has 0 fully saturated rings. The Hall–Kier alpha value is -1.78. The van der Waals surface area contributed by atoms with Crippen LogP contribution in [0.1, 0.15) is 25.2 Å². The minimum absolute atomic E-state index is 0.403. The van der Waals surface area contributed by atoms with E-state index in [1.54, 1.807) is 48.8 Å². The zero-order chi connectivity index (χ0) is 13.2. The van der Waals surface area contributed by atoms with E-state index in [0.717, 1.165) is 0 Å². The first-order valence-electron chi connectivity index (χ1n) is 5.74. The second-order valence-electron chi connectivity index (χ2n) is 4.57. The van der Waals surface area contributed by atoms with Crippen LogP contribution in [0.4, 0.5) is 0 Å².